The number of aliphatic hydroxyl groups is 1. The number of aliphatic hydroxyl groups excluding tert-OH is 1. The van der Waals surface area contributed by atoms with Gasteiger partial charge in [0.1, 0.15) is 0 Å². The number of urea groups is 1. The Labute approximate surface area is 139 Å². The molecule has 0 bridgehead atoms. The molecule has 1 aromatic carbocycles. The Bertz CT molecular complexity index is 531. The van der Waals surface area contributed by atoms with Crippen LogP contribution in [0.25, 0.3) is 0 Å². The molecule has 1 aliphatic rings. The van der Waals surface area contributed by atoms with Crippen molar-refractivity contribution in [2.24, 2.45) is 5.92 Å². The first kappa shape index (κ1) is 17.6. The molecule has 2 amide bonds. The standard InChI is InChI=1S/C18H29N3O2/c1-13-7-8-15(17(9-13)21(2)3)12-20-18(23)19-11-14-5-4-6-16(22)10-14/h7-9,14,16,22H,4-6,10-12H2,1-3H3,(H2,19,20,23). The van der Waals surface area contributed by atoms with Gasteiger partial charge in [-0.25, -0.2) is 4.79 Å². The van der Waals surface area contributed by atoms with Gasteiger partial charge in [0, 0.05) is 32.9 Å². The molecular weight excluding hydrogens is 290 g/mol. The summed E-state index contributed by atoms with van der Waals surface area (Å²) in [4.78, 5) is 14.1. The lowest BCUT2D eigenvalue weighted by Gasteiger charge is -2.26. The number of anilines is 1. The number of benzene rings is 1. The summed E-state index contributed by atoms with van der Waals surface area (Å²) in [6, 6.07) is 6.10. The fourth-order valence-electron chi connectivity index (χ4n) is 3.16. The van der Waals surface area contributed by atoms with Crippen LogP contribution in [0, 0.1) is 12.8 Å². The summed E-state index contributed by atoms with van der Waals surface area (Å²) in [5, 5.41) is 15.5. The lowest BCUT2D eigenvalue weighted by Crippen LogP contribution is -2.39. The van der Waals surface area contributed by atoms with Gasteiger partial charge in [0.2, 0.25) is 0 Å². The summed E-state index contributed by atoms with van der Waals surface area (Å²) >= 11 is 0. The average molecular weight is 319 g/mol. The van der Waals surface area contributed by atoms with Crippen LogP contribution in [0.3, 0.4) is 0 Å². The summed E-state index contributed by atoms with van der Waals surface area (Å²) < 4.78 is 0. The minimum atomic E-state index is -0.200. The molecule has 1 aromatic rings. The Morgan fingerprint density at radius 2 is 2.09 bits per heavy atom. The van der Waals surface area contributed by atoms with Crippen molar-refractivity contribution in [2.75, 3.05) is 25.5 Å². The second-order valence-corrected chi connectivity index (χ2v) is 6.78. The van der Waals surface area contributed by atoms with Gasteiger partial charge in [0.25, 0.3) is 0 Å². The highest BCUT2D eigenvalue weighted by Gasteiger charge is 2.20. The van der Waals surface area contributed by atoms with Gasteiger partial charge in [0.05, 0.1) is 6.10 Å². The van der Waals surface area contributed by atoms with Gasteiger partial charge in [-0.15, -0.1) is 0 Å². The largest absolute Gasteiger partial charge is 0.393 e. The highest BCUT2D eigenvalue weighted by atomic mass is 16.3. The van der Waals surface area contributed by atoms with Gasteiger partial charge in [0.15, 0.2) is 0 Å². The molecule has 0 radical (unpaired) electrons. The van der Waals surface area contributed by atoms with Gasteiger partial charge < -0.3 is 20.6 Å². The molecule has 0 aliphatic heterocycles. The van der Waals surface area contributed by atoms with Gasteiger partial charge >= 0.3 is 6.03 Å². The summed E-state index contributed by atoms with van der Waals surface area (Å²) in [5.41, 5.74) is 3.43. The van der Waals surface area contributed by atoms with Crippen LogP contribution in [0.4, 0.5) is 10.5 Å². The normalized spacial score (nSPS) is 20.9. The quantitative estimate of drug-likeness (QED) is 0.781. The van der Waals surface area contributed by atoms with E-state index in [1.54, 1.807) is 0 Å². The number of nitrogens with one attached hydrogen (secondary N) is 2. The van der Waals surface area contributed by atoms with E-state index < -0.39 is 0 Å². The van der Waals surface area contributed by atoms with E-state index in [0.29, 0.717) is 19.0 Å². The van der Waals surface area contributed by atoms with E-state index >= 15 is 0 Å². The topological polar surface area (TPSA) is 64.6 Å². The molecule has 2 atom stereocenters. The highest BCUT2D eigenvalue weighted by Crippen LogP contribution is 2.23. The first-order valence-corrected chi connectivity index (χ1v) is 8.42. The average Bonchev–Trinajstić information content (AvgIpc) is 2.51. The summed E-state index contributed by atoms with van der Waals surface area (Å²) in [6.07, 6.45) is 3.62. The molecule has 1 fully saturated rings. The van der Waals surface area contributed by atoms with Crippen LogP contribution < -0.4 is 15.5 Å². The van der Waals surface area contributed by atoms with Crippen molar-refractivity contribution >= 4 is 11.7 Å². The molecule has 0 saturated heterocycles. The third kappa shape index (κ3) is 5.43. The third-order valence-electron chi connectivity index (χ3n) is 4.47. The Hall–Kier alpha value is -1.75. The Kier molecular flexibility index (Phi) is 6.28. The summed E-state index contributed by atoms with van der Waals surface area (Å²) in [7, 11) is 4.01. The number of rotatable bonds is 5. The fourth-order valence-corrected chi connectivity index (χ4v) is 3.16. The second-order valence-electron chi connectivity index (χ2n) is 6.78. The van der Waals surface area contributed by atoms with E-state index in [1.807, 2.05) is 14.1 Å². The van der Waals surface area contributed by atoms with Gasteiger partial charge in [-0.05, 0) is 49.3 Å². The van der Waals surface area contributed by atoms with Crippen molar-refractivity contribution in [1.82, 2.24) is 10.6 Å². The van der Waals surface area contributed by atoms with Crippen molar-refractivity contribution in [1.29, 1.82) is 0 Å². The van der Waals surface area contributed by atoms with Crippen LogP contribution in [0.2, 0.25) is 0 Å². The number of carbonyl (C=O) groups is 1. The van der Waals surface area contributed by atoms with Gasteiger partial charge in [-0.2, -0.15) is 0 Å². The van der Waals surface area contributed by atoms with Crippen LogP contribution in [0.1, 0.15) is 36.8 Å². The molecule has 2 unspecified atom stereocenters. The first-order valence-electron chi connectivity index (χ1n) is 8.42. The predicted molar refractivity (Wildman–Crippen MR) is 93.7 cm³/mol. The number of hydrogen-bond acceptors (Lipinski definition) is 3. The minimum absolute atomic E-state index is 0.143. The Morgan fingerprint density at radius 1 is 1.30 bits per heavy atom. The molecule has 23 heavy (non-hydrogen) atoms. The van der Waals surface area contributed by atoms with Crippen LogP contribution in [-0.2, 0) is 6.54 Å². The highest BCUT2D eigenvalue weighted by molar-refractivity contribution is 5.74. The fraction of sp³-hybridized carbons (Fsp3) is 0.611. The van der Waals surface area contributed by atoms with E-state index in [9.17, 15) is 9.90 Å². The van der Waals surface area contributed by atoms with Crippen LogP contribution in [-0.4, -0.2) is 37.9 Å². The molecule has 128 valence electrons. The van der Waals surface area contributed by atoms with Crippen molar-refractivity contribution in [3.05, 3.63) is 29.3 Å². The maximum Gasteiger partial charge on any atom is 0.315 e. The monoisotopic (exact) mass is 319 g/mol. The van der Waals surface area contributed by atoms with E-state index in [2.05, 4.69) is 40.7 Å². The smallest absolute Gasteiger partial charge is 0.315 e. The zero-order valence-corrected chi connectivity index (χ0v) is 14.4. The number of hydrogen-bond donors (Lipinski definition) is 3. The maximum absolute atomic E-state index is 12.0. The van der Waals surface area contributed by atoms with Crippen molar-refractivity contribution in [2.45, 2.75) is 45.3 Å². The summed E-state index contributed by atoms with van der Waals surface area (Å²) in [5.74, 6) is 0.390. The lowest BCUT2D eigenvalue weighted by molar-refractivity contribution is 0.101. The van der Waals surface area contributed by atoms with Crippen molar-refractivity contribution in [3.63, 3.8) is 0 Å². The van der Waals surface area contributed by atoms with Crippen LogP contribution in [0.15, 0.2) is 18.2 Å². The Balaban J connectivity index is 1.80. The molecule has 5 heteroatoms. The third-order valence-corrected chi connectivity index (χ3v) is 4.47. The summed E-state index contributed by atoms with van der Waals surface area (Å²) in [6.45, 7) is 3.21. The zero-order chi connectivity index (χ0) is 16.8. The first-order chi connectivity index (χ1) is 11.0. The molecular formula is C18H29N3O2. The number of carbonyl (C=O) groups excluding carboxylic acids is 1. The van der Waals surface area contributed by atoms with Gasteiger partial charge in [-0.3, -0.25) is 0 Å². The minimum Gasteiger partial charge on any atom is -0.393 e. The van der Waals surface area contributed by atoms with Crippen LogP contribution in [0.5, 0.6) is 0 Å². The molecule has 2 rings (SSSR count). The molecule has 0 heterocycles. The lowest BCUT2D eigenvalue weighted by atomic mass is 9.87. The molecule has 0 aromatic heterocycles. The van der Waals surface area contributed by atoms with E-state index in [0.717, 1.165) is 36.9 Å². The molecule has 0 spiro atoms. The van der Waals surface area contributed by atoms with Crippen molar-refractivity contribution < 1.29 is 9.90 Å². The maximum atomic E-state index is 12.0. The van der Waals surface area contributed by atoms with Gasteiger partial charge in [-0.1, -0.05) is 18.6 Å². The number of amides is 2. The molecule has 5 nitrogen and oxygen atoms in total. The van der Waals surface area contributed by atoms with E-state index in [1.165, 1.54) is 5.56 Å². The van der Waals surface area contributed by atoms with Crippen molar-refractivity contribution in [3.8, 4) is 0 Å². The molecule has 3 N–H and O–H groups in total. The SMILES string of the molecule is Cc1ccc(CNC(=O)NCC2CCCC(O)C2)c(N(C)C)c1. The second kappa shape index (κ2) is 8.20. The number of nitrogens with zero attached hydrogens (tertiary/aromatic N) is 1. The molecule has 1 aliphatic carbocycles. The van der Waals surface area contributed by atoms with E-state index in [4.69, 9.17) is 0 Å². The Morgan fingerprint density at radius 3 is 2.78 bits per heavy atom. The number of aryl methyl sites for hydroxylation is 1. The zero-order valence-electron chi connectivity index (χ0n) is 14.4. The van der Waals surface area contributed by atoms with E-state index in [-0.39, 0.29) is 12.1 Å². The predicted octanol–water partition coefficient (Wildman–Crippen LogP) is 2.41. The van der Waals surface area contributed by atoms with Crippen LogP contribution >= 0.6 is 0 Å². The molecule has 1 saturated carbocycles.